The maximum absolute atomic E-state index is 11.9. The van der Waals surface area contributed by atoms with E-state index in [1.165, 1.54) is 11.3 Å². The summed E-state index contributed by atoms with van der Waals surface area (Å²) in [5, 5.41) is 4.62. The largest absolute Gasteiger partial charge is 0.493 e. The van der Waals surface area contributed by atoms with Crippen molar-refractivity contribution in [3.05, 3.63) is 52.5 Å². The lowest BCUT2D eigenvalue weighted by atomic mass is 10.3. The predicted octanol–water partition coefficient (Wildman–Crippen LogP) is 5.01. The predicted molar refractivity (Wildman–Crippen MR) is 94.8 cm³/mol. The first-order valence-corrected chi connectivity index (χ1v) is 8.42. The average Bonchev–Trinajstić information content (AvgIpc) is 2.90. The van der Waals surface area contributed by atoms with E-state index in [4.69, 9.17) is 27.9 Å². The van der Waals surface area contributed by atoms with Crippen molar-refractivity contribution in [1.82, 2.24) is 4.98 Å². The Morgan fingerprint density at radius 2 is 1.87 bits per heavy atom. The van der Waals surface area contributed by atoms with Crippen LogP contribution in [0.1, 0.15) is 6.42 Å². The molecule has 0 aliphatic carbocycles. The van der Waals surface area contributed by atoms with E-state index in [0.717, 1.165) is 10.2 Å². The number of amides is 1. The third-order valence-electron chi connectivity index (χ3n) is 3.01. The van der Waals surface area contributed by atoms with Gasteiger partial charge < -0.3 is 10.1 Å². The first-order chi connectivity index (χ1) is 11.1. The Labute approximate surface area is 147 Å². The quantitative estimate of drug-likeness (QED) is 0.690. The van der Waals surface area contributed by atoms with Gasteiger partial charge in [0.05, 0.1) is 23.2 Å². The van der Waals surface area contributed by atoms with Gasteiger partial charge in [-0.3, -0.25) is 4.79 Å². The number of aromatic nitrogens is 1. The summed E-state index contributed by atoms with van der Waals surface area (Å²) in [7, 11) is 0. The zero-order valence-electron chi connectivity index (χ0n) is 11.9. The van der Waals surface area contributed by atoms with Crippen molar-refractivity contribution in [2.24, 2.45) is 0 Å². The number of hydrogen-bond donors (Lipinski definition) is 1. The second-order valence-corrected chi connectivity index (χ2v) is 6.64. The highest BCUT2D eigenvalue weighted by atomic mass is 35.5. The number of anilines is 1. The number of carbonyl (C=O) groups is 1. The molecule has 0 aliphatic rings. The van der Waals surface area contributed by atoms with Crippen molar-refractivity contribution in [3.63, 3.8) is 0 Å². The topological polar surface area (TPSA) is 51.2 Å². The SMILES string of the molecule is O=C(CCOc1ccc(Cl)cc1)Nc1nc2ccc(Cl)cc2s1. The zero-order valence-corrected chi connectivity index (χ0v) is 14.2. The Balaban J connectivity index is 1.53. The van der Waals surface area contributed by atoms with Gasteiger partial charge in [-0.05, 0) is 42.5 Å². The number of nitrogens with zero attached hydrogens (tertiary/aromatic N) is 1. The lowest BCUT2D eigenvalue weighted by Crippen LogP contribution is -2.14. The van der Waals surface area contributed by atoms with Crippen molar-refractivity contribution >= 4 is 55.8 Å². The molecular formula is C16H12Cl2N2O2S. The van der Waals surface area contributed by atoms with Gasteiger partial charge in [0.25, 0.3) is 0 Å². The molecule has 0 bridgehead atoms. The third-order valence-corrected chi connectivity index (χ3v) is 4.43. The molecule has 0 aliphatic heterocycles. The monoisotopic (exact) mass is 366 g/mol. The summed E-state index contributed by atoms with van der Waals surface area (Å²) < 4.78 is 6.43. The van der Waals surface area contributed by atoms with Crippen LogP contribution in [0.2, 0.25) is 10.0 Å². The highest BCUT2D eigenvalue weighted by Gasteiger charge is 2.08. The molecule has 7 heteroatoms. The van der Waals surface area contributed by atoms with E-state index in [1.807, 2.05) is 12.1 Å². The van der Waals surface area contributed by atoms with E-state index in [1.54, 1.807) is 30.3 Å². The normalized spacial score (nSPS) is 10.7. The van der Waals surface area contributed by atoms with Crippen molar-refractivity contribution in [3.8, 4) is 5.75 Å². The molecule has 0 saturated heterocycles. The molecule has 0 radical (unpaired) electrons. The van der Waals surface area contributed by atoms with Crippen LogP contribution in [0.4, 0.5) is 5.13 Å². The van der Waals surface area contributed by atoms with Crippen molar-refractivity contribution in [1.29, 1.82) is 0 Å². The Bertz CT molecular complexity index is 834. The Kier molecular flexibility index (Phi) is 5.00. The molecule has 118 valence electrons. The minimum absolute atomic E-state index is 0.149. The number of thiazole rings is 1. The molecular weight excluding hydrogens is 355 g/mol. The van der Waals surface area contributed by atoms with Gasteiger partial charge in [-0.2, -0.15) is 0 Å². The molecule has 1 heterocycles. The summed E-state index contributed by atoms with van der Waals surface area (Å²) in [5.74, 6) is 0.529. The lowest BCUT2D eigenvalue weighted by molar-refractivity contribution is -0.116. The fraction of sp³-hybridized carbons (Fsp3) is 0.125. The molecule has 0 spiro atoms. The van der Waals surface area contributed by atoms with Crippen LogP contribution in [-0.2, 0) is 4.79 Å². The molecule has 0 atom stereocenters. The van der Waals surface area contributed by atoms with Crippen LogP contribution >= 0.6 is 34.5 Å². The second-order valence-electron chi connectivity index (χ2n) is 4.73. The van der Waals surface area contributed by atoms with E-state index < -0.39 is 0 Å². The number of hydrogen-bond acceptors (Lipinski definition) is 4. The molecule has 2 aromatic carbocycles. The number of ether oxygens (including phenoxy) is 1. The number of fused-ring (bicyclic) bond motifs is 1. The zero-order chi connectivity index (χ0) is 16.2. The molecule has 3 rings (SSSR count). The van der Waals surface area contributed by atoms with Crippen LogP contribution in [0, 0.1) is 0 Å². The molecule has 3 aromatic rings. The molecule has 1 aromatic heterocycles. The fourth-order valence-corrected chi connectivity index (χ4v) is 3.21. The highest BCUT2D eigenvalue weighted by molar-refractivity contribution is 7.22. The number of nitrogens with one attached hydrogen (secondary N) is 1. The summed E-state index contributed by atoms with van der Waals surface area (Å²) in [6.07, 6.45) is 0.235. The van der Waals surface area contributed by atoms with Crippen LogP contribution in [-0.4, -0.2) is 17.5 Å². The first kappa shape index (κ1) is 16.1. The van der Waals surface area contributed by atoms with Gasteiger partial charge in [-0.15, -0.1) is 0 Å². The maximum Gasteiger partial charge on any atom is 0.229 e. The third kappa shape index (κ3) is 4.34. The van der Waals surface area contributed by atoms with Gasteiger partial charge in [0.2, 0.25) is 5.91 Å². The van der Waals surface area contributed by atoms with Crippen LogP contribution in [0.5, 0.6) is 5.75 Å². The molecule has 23 heavy (non-hydrogen) atoms. The first-order valence-electron chi connectivity index (χ1n) is 6.84. The number of halogens is 2. The van der Waals surface area contributed by atoms with E-state index in [-0.39, 0.29) is 18.9 Å². The second kappa shape index (κ2) is 7.17. The summed E-state index contributed by atoms with van der Waals surface area (Å²) in [4.78, 5) is 16.3. The van der Waals surface area contributed by atoms with Gasteiger partial charge in [0.1, 0.15) is 5.75 Å². The Morgan fingerprint density at radius 3 is 2.65 bits per heavy atom. The Morgan fingerprint density at radius 1 is 1.13 bits per heavy atom. The number of rotatable bonds is 5. The van der Waals surface area contributed by atoms with E-state index >= 15 is 0 Å². The molecule has 0 saturated carbocycles. The molecule has 4 nitrogen and oxygen atoms in total. The van der Waals surface area contributed by atoms with Gasteiger partial charge in [0.15, 0.2) is 5.13 Å². The van der Waals surface area contributed by atoms with Gasteiger partial charge in [-0.25, -0.2) is 4.98 Å². The van der Waals surface area contributed by atoms with Crippen molar-refractivity contribution < 1.29 is 9.53 Å². The van der Waals surface area contributed by atoms with Crippen LogP contribution in [0.3, 0.4) is 0 Å². The van der Waals surface area contributed by atoms with Gasteiger partial charge in [0, 0.05) is 10.0 Å². The standard InChI is InChI=1S/C16H12Cl2N2O2S/c17-10-1-4-12(5-2-10)22-8-7-15(21)20-16-19-13-6-3-11(18)9-14(13)23-16/h1-6,9H,7-8H2,(H,19,20,21). The molecule has 1 amide bonds. The summed E-state index contributed by atoms with van der Waals surface area (Å²) >= 11 is 13.1. The number of carbonyl (C=O) groups excluding carboxylic acids is 1. The summed E-state index contributed by atoms with van der Waals surface area (Å²) in [6.45, 7) is 0.282. The summed E-state index contributed by atoms with van der Waals surface area (Å²) in [6, 6.07) is 12.4. The van der Waals surface area contributed by atoms with Crippen molar-refractivity contribution in [2.45, 2.75) is 6.42 Å². The molecule has 0 unspecified atom stereocenters. The lowest BCUT2D eigenvalue weighted by Gasteiger charge is -2.05. The molecule has 1 N–H and O–H groups in total. The van der Waals surface area contributed by atoms with Crippen LogP contribution in [0.15, 0.2) is 42.5 Å². The average molecular weight is 367 g/mol. The minimum Gasteiger partial charge on any atom is -0.493 e. The van der Waals surface area contributed by atoms with Gasteiger partial charge in [-0.1, -0.05) is 34.5 Å². The van der Waals surface area contributed by atoms with E-state index in [0.29, 0.717) is 20.9 Å². The number of benzene rings is 2. The van der Waals surface area contributed by atoms with E-state index in [2.05, 4.69) is 10.3 Å². The Hall–Kier alpha value is -1.82. The van der Waals surface area contributed by atoms with Crippen LogP contribution in [0.25, 0.3) is 10.2 Å². The summed E-state index contributed by atoms with van der Waals surface area (Å²) in [5.41, 5.74) is 0.812. The smallest absolute Gasteiger partial charge is 0.229 e. The van der Waals surface area contributed by atoms with Gasteiger partial charge >= 0.3 is 0 Å². The maximum atomic E-state index is 11.9. The highest BCUT2D eigenvalue weighted by Crippen LogP contribution is 2.28. The van der Waals surface area contributed by atoms with Crippen molar-refractivity contribution in [2.75, 3.05) is 11.9 Å². The molecule has 0 fully saturated rings. The van der Waals surface area contributed by atoms with Crippen LogP contribution < -0.4 is 10.1 Å². The fourth-order valence-electron chi connectivity index (χ4n) is 1.93. The minimum atomic E-state index is -0.149. The van der Waals surface area contributed by atoms with E-state index in [9.17, 15) is 4.79 Å².